The van der Waals surface area contributed by atoms with Crippen molar-refractivity contribution in [1.82, 2.24) is 9.66 Å². The summed E-state index contributed by atoms with van der Waals surface area (Å²) in [6.07, 6.45) is 7.67. The summed E-state index contributed by atoms with van der Waals surface area (Å²) in [7, 11) is 0. The molecule has 5 nitrogen and oxygen atoms in total. The van der Waals surface area contributed by atoms with Crippen LogP contribution in [0.25, 0.3) is 6.08 Å². The largest absolute Gasteiger partial charge is 0.483 e. The number of aromatic nitrogens is 2. The summed E-state index contributed by atoms with van der Waals surface area (Å²) < 4.78 is 7.45. The van der Waals surface area contributed by atoms with Gasteiger partial charge in [-0.15, -0.1) is 0 Å². The van der Waals surface area contributed by atoms with Crippen LogP contribution in [0.1, 0.15) is 30.7 Å². The topological polar surface area (TPSA) is 65.4 Å². The molecule has 0 radical (unpaired) electrons. The van der Waals surface area contributed by atoms with E-state index in [1.807, 2.05) is 45.0 Å². The van der Waals surface area contributed by atoms with E-state index in [9.17, 15) is 0 Å². The van der Waals surface area contributed by atoms with Crippen molar-refractivity contribution in [2.75, 3.05) is 5.73 Å². The van der Waals surface area contributed by atoms with Crippen molar-refractivity contribution < 1.29 is 4.74 Å². The summed E-state index contributed by atoms with van der Waals surface area (Å²) in [5, 5.41) is 4.31. The van der Waals surface area contributed by atoms with Gasteiger partial charge < -0.3 is 10.5 Å². The van der Waals surface area contributed by atoms with Gasteiger partial charge in [0.15, 0.2) is 0 Å². The number of aryl methyl sites for hydroxylation is 1. The maximum atomic E-state index is 5.89. The highest BCUT2D eigenvalue weighted by Crippen LogP contribution is 2.31. The fraction of sp³-hybridized carbons (Fsp3) is 0.250. The van der Waals surface area contributed by atoms with Crippen LogP contribution in [0.4, 0.5) is 5.95 Å². The molecule has 3 rings (SSSR count). The third-order valence-electron chi connectivity index (χ3n) is 3.24. The molecule has 0 saturated carbocycles. The van der Waals surface area contributed by atoms with Crippen molar-refractivity contribution in [3.63, 3.8) is 0 Å². The molecule has 0 amide bonds. The molecular weight excluding hydrogens is 264 g/mol. The van der Waals surface area contributed by atoms with Crippen molar-refractivity contribution >= 4 is 18.2 Å². The number of hydrogen-bond acceptors (Lipinski definition) is 4. The average Bonchev–Trinajstić information content (AvgIpc) is 2.74. The van der Waals surface area contributed by atoms with E-state index in [1.165, 1.54) is 0 Å². The number of imidazole rings is 1. The van der Waals surface area contributed by atoms with Crippen LogP contribution in [0.15, 0.2) is 35.6 Å². The van der Waals surface area contributed by atoms with Gasteiger partial charge in [-0.3, -0.25) is 0 Å². The van der Waals surface area contributed by atoms with Gasteiger partial charge in [-0.05, 0) is 50.6 Å². The second-order valence-electron chi connectivity index (χ2n) is 5.67. The van der Waals surface area contributed by atoms with Crippen molar-refractivity contribution in [3.8, 4) is 5.75 Å². The number of benzene rings is 1. The van der Waals surface area contributed by atoms with Crippen LogP contribution in [-0.4, -0.2) is 21.5 Å². The summed E-state index contributed by atoms with van der Waals surface area (Å²) in [5.41, 5.74) is 8.36. The van der Waals surface area contributed by atoms with E-state index in [0.717, 1.165) is 22.6 Å². The van der Waals surface area contributed by atoms with Crippen LogP contribution in [0.2, 0.25) is 0 Å². The van der Waals surface area contributed by atoms with Gasteiger partial charge >= 0.3 is 0 Å². The van der Waals surface area contributed by atoms with Crippen LogP contribution < -0.4 is 10.5 Å². The zero-order valence-corrected chi connectivity index (χ0v) is 12.4. The highest BCUT2D eigenvalue weighted by Gasteiger charge is 2.21. The summed E-state index contributed by atoms with van der Waals surface area (Å²) in [5.74, 6) is 1.27. The van der Waals surface area contributed by atoms with Crippen molar-refractivity contribution in [2.24, 2.45) is 5.10 Å². The Bertz CT molecular complexity index is 741. The minimum absolute atomic E-state index is 0.259. The number of nitrogens with two attached hydrogens (primary N) is 1. The predicted octanol–water partition coefficient (Wildman–Crippen LogP) is 2.84. The van der Waals surface area contributed by atoms with E-state index in [2.05, 4.69) is 16.2 Å². The third kappa shape index (κ3) is 2.81. The lowest BCUT2D eigenvalue weighted by molar-refractivity contribution is 0.159. The van der Waals surface area contributed by atoms with Crippen LogP contribution in [0, 0.1) is 6.92 Å². The molecule has 1 aromatic carbocycles. The molecule has 0 aliphatic carbocycles. The van der Waals surface area contributed by atoms with E-state index in [0.29, 0.717) is 5.95 Å². The smallest absolute Gasteiger partial charge is 0.221 e. The molecule has 2 N–H and O–H groups in total. The maximum Gasteiger partial charge on any atom is 0.221 e. The summed E-state index contributed by atoms with van der Waals surface area (Å²) in [6.45, 7) is 5.95. The molecule has 1 aliphatic heterocycles. The highest BCUT2D eigenvalue weighted by atomic mass is 16.5. The Labute approximate surface area is 123 Å². The summed E-state index contributed by atoms with van der Waals surface area (Å²) in [6, 6.07) is 5.96. The first-order valence-electron chi connectivity index (χ1n) is 6.81. The number of fused-ring (bicyclic) bond motifs is 1. The molecule has 1 aromatic heterocycles. The molecule has 0 atom stereocenters. The quantitative estimate of drug-likeness (QED) is 0.861. The van der Waals surface area contributed by atoms with E-state index in [1.54, 1.807) is 17.1 Å². The molecule has 5 heteroatoms. The molecule has 1 aliphatic rings. The molecule has 0 spiro atoms. The average molecular weight is 282 g/mol. The lowest BCUT2D eigenvalue weighted by Crippen LogP contribution is -2.27. The molecule has 2 heterocycles. The Kier molecular flexibility index (Phi) is 3.05. The number of nitrogen functional groups attached to an aromatic ring is 1. The molecule has 0 saturated heterocycles. The lowest BCUT2D eigenvalue weighted by atomic mass is 10.0. The molecule has 0 fully saturated rings. The van der Waals surface area contributed by atoms with Gasteiger partial charge in [0, 0.05) is 5.56 Å². The number of ether oxygens (including phenoxy) is 1. The first-order valence-corrected chi connectivity index (χ1v) is 6.81. The number of rotatable bonds is 2. The summed E-state index contributed by atoms with van der Waals surface area (Å²) >= 11 is 0. The normalized spacial score (nSPS) is 16.0. The van der Waals surface area contributed by atoms with Crippen molar-refractivity contribution in [3.05, 3.63) is 47.3 Å². The molecular formula is C16H18N4O. The van der Waals surface area contributed by atoms with E-state index >= 15 is 0 Å². The third-order valence-corrected chi connectivity index (χ3v) is 3.24. The van der Waals surface area contributed by atoms with Gasteiger partial charge in [-0.2, -0.15) is 5.10 Å². The van der Waals surface area contributed by atoms with E-state index in [4.69, 9.17) is 10.5 Å². The van der Waals surface area contributed by atoms with E-state index in [-0.39, 0.29) is 5.60 Å². The summed E-state index contributed by atoms with van der Waals surface area (Å²) in [4.78, 5) is 4.11. The number of hydrogen-bond donors (Lipinski definition) is 1. The SMILES string of the molecule is Cc1cn(N=Cc2ccc3c(c2)C=CC(C)(C)O3)c(N)n1. The first-order chi connectivity index (χ1) is 9.93. The number of nitrogens with zero attached hydrogens (tertiary/aromatic N) is 3. The molecule has 108 valence electrons. The lowest BCUT2D eigenvalue weighted by Gasteiger charge is -2.27. The van der Waals surface area contributed by atoms with Gasteiger partial charge in [-0.25, -0.2) is 9.66 Å². The maximum absolute atomic E-state index is 5.89. The Balaban J connectivity index is 1.87. The minimum atomic E-state index is -0.259. The Morgan fingerprint density at radius 3 is 2.90 bits per heavy atom. The van der Waals surface area contributed by atoms with Gasteiger partial charge in [0.1, 0.15) is 11.4 Å². The predicted molar refractivity (Wildman–Crippen MR) is 84.6 cm³/mol. The molecule has 21 heavy (non-hydrogen) atoms. The fourth-order valence-corrected chi connectivity index (χ4v) is 2.20. The second-order valence-corrected chi connectivity index (χ2v) is 5.67. The Morgan fingerprint density at radius 2 is 2.19 bits per heavy atom. The van der Waals surface area contributed by atoms with Crippen LogP contribution in [0.3, 0.4) is 0 Å². The van der Waals surface area contributed by atoms with Gasteiger partial charge in [0.2, 0.25) is 5.95 Å². The Morgan fingerprint density at radius 1 is 1.38 bits per heavy atom. The van der Waals surface area contributed by atoms with Crippen molar-refractivity contribution in [2.45, 2.75) is 26.4 Å². The van der Waals surface area contributed by atoms with Crippen molar-refractivity contribution in [1.29, 1.82) is 0 Å². The first kappa shape index (κ1) is 13.4. The Hall–Kier alpha value is -2.56. The molecule has 0 bridgehead atoms. The van der Waals surface area contributed by atoms with Gasteiger partial charge in [-0.1, -0.05) is 6.08 Å². The van der Waals surface area contributed by atoms with Gasteiger partial charge in [0.25, 0.3) is 0 Å². The number of anilines is 1. The standard InChI is InChI=1S/C16H18N4O/c1-11-10-20(15(17)19-11)18-9-12-4-5-14-13(8-12)6-7-16(2,3)21-14/h4-10H,1-3H3,(H2,17,19). The van der Waals surface area contributed by atoms with Crippen LogP contribution in [0.5, 0.6) is 5.75 Å². The molecule has 0 unspecified atom stereocenters. The zero-order valence-electron chi connectivity index (χ0n) is 12.4. The minimum Gasteiger partial charge on any atom is -0.483 e. The molecule has 2 aromatic rings. The van der Waals surface area contributed by atoms with E-state index < -0.39 is 0 Å². The van der Waals surface area contributed by atoms with Gasteiger partial charge in [0.05, 0.1) is 18.1 Å². The van der Waals surface area contributed by atoms with Crippen LogP contribution >= 0.6 is 0 Å². The zero-order chi connectivity index (χ0) is 15.0. The highest BCUT2D eigenvalue weighted by molar-refractivity contribution is 5.82. The van der Waals surface area contributed by atoms with Crippen LogP contribution in [-0.2, 0) is 0 Å². The second kappa shape index (κ2) is 4.77. The fourth-order valence-electron chi connectivity index (χ4n) is 2.20. The monoisotopic (exact) mass is 282 g/mol.